The molecule has 0 bridgehead atoms. The number of hydrogen-bond donors (Lipinski definition) is 2. The molecule has 42 heavy (non-hydrogen) atoms. The number of likely N-dealkylation sites (N-methyl/N-ethyl adjacent to an activating group) is 1. The van der Waals surface area contributed by atoms with Gasteiger partial charge in [-0.3, -0.25) is 4.79 Å². The van der Waals surface area contributed by atoms with Crippen molar-refractivity contribution in [3.05, 3.63) is 88.7 Å². The number of amides is 1. The minimum Gasteiger partial charge on any atom is -0.590 e. The summed E-state index contributed by atoms with van der Waals surface area (Å²) in [5.74, 6) is 0.149. The van der Waals surface area contributed by atoms with Gasteiger partial charge in [0, 0.05) is 30.3 Å². The van der Waals surface area contributed by atoms with Crippen molar-refractivity contribution in [2.45, 2.75) is 52.5 Å². The summed E-state index contributed by atoms with van der Waals surface area (Å²) in [5.41, 5.74) is 7.33. The second-order valence-electron chi connectivity index (χ2n) is 10.5. The molecule has 3 rings (SSSR count). The second kappa shape index (κ2) is 15.9. The lowest BCUT2D eigenvalue weighted by Crippen LogP contribution is -2.61. The van der Waals surface area contributed by atoms with E-state index in [9.17, 15) is 14.1 Å². The van der Waals surface area contributed by atoms with Crippen molar-refractivity contribution in [3.63, 3.8) is 0 Å². The number of nitrogens with zero attached hydrogens (tertiary/aromatic N) is 2. The first kappa shape index (κ1) is 33.3. The normalized spacial score (nSPS) is 17.8. The Morgan fingerprint density at radius 1 is 1.36 bits per heavy atom. The molecule has 0 spiro atoms. The maximum absolute atomic E-state index is 13.6. The number of rotatable bonds is 14. The van der Waals surface area contributed by atoms with Crippen LogP contribution >= 0.6 is 0 Å². The molecule has 1 aromatic rings. The number of benzene rings is 1. The maximum atomic E-state index is 13.6. The minimum atomic E-state index is -1.86. The Hall–Kier alpha value is -3.17. The molecule has 1 atom stereocenters. The lowest BCUT2D eigenvalue weighted by atomic mass is 9.91. The number of ether oxygens (including phenoxy) is 1. The van der Waals surface area contributed by atoms with Gasteiger partial charge in [-0.2, -0.15) is 0 Å². The zero-order valence-corrected chi connectivity index (χ0v) is 26.0. The number of aliphatic hydroxyl groups is 1. The summed E-state index contributed by atoms with van der Waals surface area (Å²) in [5, 5.41) is 11.5. The minimum absolute atomic E-state index is 0.120. The van der Waals surface area contributed by atoms with Gasteiger partial charge in [-0.05, 0) is 75.6 Å². The molecule has 1 aromatic carbocycles. The SMILES string of the molecule is C=CC(C)=C1C(=O)NC(c2cc(C(=O)[S+]([O-])N3CC(N(C)CCCO)C3)ccc2OCC)=C=CC=C1CC(=C)CCC. The van der Waals surface area contributed by atoms with E-state index in [1.165, 1.54) is 0 Å². The molecule has 1 unspecified atom stereocenters. The van der Waals surface area contributed by atoms with Crippen molar-refractivity contribution in [2.24, 2.45) is 0 Å². The standard InChI is InChI=1S/C33H43N3O5S/c1-7-12-23(4)19-25-13-10-14-29(34-32(38)31(25)24(5)8-2)28-20-26(15-16-30(28)41-9-3)33(39)42(40)36-21-27(22-36)35(6)17-11-18-37/h8,10,13,15-16,20,27,37H,2,4,7,9,11-12,17-19,21-22H2,1,3,5-6H3,(H,34,38). The zero-order valence-electron chi connectivity index (χ0n) is 25.2. The van der Waals surface area contributed by atoms with E-state index in [1.807, 2.05) is 27.0 Å². The zero-order chi connectivity index (χ0) is 30.8. The quantitative estimate of drug-likeness (QED) is 0.140. The molecule has 0 aromatic heterocycles. The lowest BCUT2D eigenvalue weighted by molar-refractivity contribution is -0.116. The van der Waals surface area contributed by atoms with Crippen LogP contribution in [0.25, 0.3) is 5.70 Å². The number of aliphatic hydroxyl groups excluding tert-OH is 1. The summed E-state index contributed by atoms with van der Waals surface area (Å²) in [6.07, 6.45) is 8.33. The molecule has 9 heteroatoms. The lowest BCUT2D eigenvalue weighted by Gasteiger charge is -2.41. The molecule has 2 heterocycles. The number of carbonyl (C=O) groups is 2. The van der Waals surface area contributed by atoms with E-state index in [-0.39, 0.29) is 24.1 Å². The van der Waals surface area contributed by atoms with Crippen LogP contribution in [0.1, 0.15) is 62.4 Å². The van der Waals surface area contributed by atoms with Gasteiger partial charge in [-0.1, -0.05) is 50.0 Å². The van der Waals surface area contributed by atoms with Crippen molar-refractivity contribution in [1.29, 1.82) is 0 Å². The summed E-state index contributed by atoms with van der Waals surface area (Å²) in [6, 6.07) is 5.04. The average molecular weight is 594 g/mol. The molecule has 2 aliphatic heterocycles. The Kier molecular flexibility index (Phi) is 12.6. The van der Waals surface area contributed by atoms with Crippen molar-refractivity contribution >= 4 is 28.1 Å². The topological polar surface area (TPSA) is 105 Å². The van der Waals surface area contributed by atoms with E-state index in [4.69, 9.17) is 9.84 Å². The average Bonchev–Trinajstić information content (AvgIpc) is 2.93. The highest BCUT2D eigenvalue weighted by molar-refractivity contribution is 8.04. The summed E-state index contributed by atoms with van der Waals surface area (Å²) in [4.78, 5) is 29.1. The second-order valence-corrected chi connectivity index (χ2v) is 11.9. The Labute approximate surface area is 253 Å². The molecule has 2 aliphatic rings. The van der Waals surface area contributed by atoms with Gasteiger partial charge in [-0.25, -0.2) is 4.79 Å². The molecule has 226 valence electrons. The largest absolute Gasteiger partial charge is 0.590 e. The molecule has 8 nitrogen and oxygen atoms in total. The first-order chi connectivity index (χ1) is 20.1. The molecule has 0 aliphatic carbocycles. The fourth-order valence-electron chi connectivity index (χ4n) is 4.89. The van der Waals surface area contributed by atoms with E-state index >= 15 is 0 Å². The summed E-state index contributed by atoms with van der Waals surface area (Å²) in [7, 11) is 1.96. The summed E-state index contributed by atoms with van der Waals surface area (Å²) in [6.45, 7) is 16.1. The van der Waals surface area contributed by atoms with Crippen molar-refractivity contribution in [2.75, 3.05) is 39.9 Å². The van der Waals surface area contributed by atoms with Gasteiger partial charge in [0.05, 0.1) is 31.0 Å². The third-order valence-corrected chi connectivity index (χ3v) is 8.66. The van der Waals surface area contributed by atoms with Crippen molar-refractivity contribution in [3.8, 4) is 5.75 Å². The Morgan fingerprint density at radius 2 is 2.10 bits per heavy atom. The smallest absolute Gasteiger partial charge is 0.380 e. The third kappa shape index (κ3) is 8.22. The van der Waals surface area contributed by atoms with E-state index in [0.29, 0.717) is 55.1 Å². The van der Waals surface area contributed by atoms with Crippen LogP contribution in [-0.4, -0.2) is 75.8 Å². The number of hydrogen-bond acceptors (Lipinski definition) is 7. The van der Waals surface area contributed by atoms with Crippen LogP contribution in [0, 0.1) is 0 Å². The molecular weight excluding hydrogens is 550 g/mol. The van der Waals surface area contributed by atoms with Gasteiger partial charge in [0.1, 0.15) is 17.1 Å². The third-order valence-electron chi connectivity index (χ3n) is 7.34. The number of carbonyl (C=O) groups excluding carboxylic acids is 2. The Bertz CT molecular complexity index is 1320. The van der Waals surface area contributed by atoms with Gasteiger partial charge < -0.3 is 24.6 Å². The van der Waals surface area contributed by atoms with Crippen molar-refractivity contribution in [1.82, 2.24) is 14.5 Å². The first-order valence-electron chi connectivity index (χ1n) is 14.4. The van der Waals surface area contributed by atoms with Crippen molar-refractivity contribution < 1.29 is 24.0 Å². The van der Waals surface area contributed by atoms with Crippen LogP contribution in [0.3, 0.4) is 0 Å². The van der Waals surface area contributed by atoms with E-state index in [0.717, 1.165) is 36.1 Å². The van der Waals surface area contributed by atoms with Gasteiger partial charge in [0.25, 0.3) is 5.91 Å². The highest BCUT2D eigenvalue weighted by Gasteiger charge is 2.41. The van der Waals surface area contributed by atoms with Crippen LogP contribution in [0.15, 0.2) is 77.6 Å². The molecule has 1 fully saturated rings. The molecule has 0 saturated carbocycles. The molecular formula is C33H43N3O5S. The fourth-order valence-corrected chi connectivity index (χ4v) is 6.07. The molecule has 1 saturated heterocycles. The predicted molar refractivity (Wildman–Crippen MR) is 169 cm³/mol. The van der Waals surface area contributed by atoms with Gasteiger partial charge in [-0.15, -0.1) is 4.31 Å². The summed E-state index contributed by atoms with van der Waals surface area (Å²) < 4.78 is 20.6. The molecule has 2 N–H and O–H groups in total. The first-order valence-corrected chi connectivity index (χ1v) is 15.5. The molecule has 0 radical (unpaired) electrons. The van der Waals surface area contributed by atoms with Gasteiger partial charge >= 0.3 is 5.12 Å². The van der Waals surface area contributed by atoms with E-state index in [1.54, 1.807) is 34.7 Å². The number of nitrogens with one attached hydrogen (secondary N) is 1. The highest BCUT2D eigenvalue weighted by Crippen LogP contribution is 2.31. The predicted octanol–water partition coefficient (Wildman–Crippen LogP) is 4.69. The fraction of sp³-hybridized carbons (Fsp3) is 0.424. The summed E-state index contributed by atoms with van der Waals surface area (Å²) >= 11 is -1.86. The number of allylic oxidation sites excluding steroid dienone is 5. The van der Waals surface area contributed by atoms with Crippen LogP contribution in [0.5, 0.6) is 5.75 Å². The van der Waals surface area contributed by atoms with E-state index < -0.39 is 16.5 Å². The van der Waals surface area contributed by atoms with Crippen LogP contribution < -0.4 is 10.1 Å². The molecule has 1 amide bonds. The maximum Gasteiger partial charge on any atom is 0.380 e. The monoisotopic (exact) mass is 593 g/mol. The Balaban J connectivity index is 1.93. The van der Waals surface area contributed by atoms with Crippen LogP contribution in [0.4, 0.5) is 0 Å². The van der Waals surface area contributed by atoms with Gasteiger partial charge in [0.2, 0.25) is 0 Å². The van der Waals surface area contributed by atoms with Crippen LogP contribution in [0.2, 0.25) is 0 Å². The highest BCUT2D eigenvalue weighted by atomic mass is 32.2. The Morgan fingerprint density at radius 3 is 2.74 bits per heavy atom. The van der Waals surface area contributed by atoms with E-state index in [2.05, 4.69) is 36.0 Å². The van der Waals surface area contributed by atoms with Crippen LogP contribution in [-0.2, 0) is 16.2 Å². The van der Waals surface area contributed by atoms with Gasteiger partial charge in [0.15, 0.2) is 0 Å².